The highest BCUT2D eigenvalue weighted by molar-refractivity contribution is 4.93. The SMILES string of the molecule is CCCC1CC1NCC1CCOCO1. The molecular weight excluding hydrogens is 178 g/mol. The summed E-state index contributed by atoms with van der Waals surface area (Å²) >= 11 is 0. The largest absolute Gasteiger partial charge is 0.355 e. The Morgan fingerprint density at radius 2 is 2.36 bits per heavy atom. The molecule has 0 aromatic heterocycles. The lowest BCUT2D eigenvalue weighted by Crippen LogP contribution is -2.35. The summed E-state index contributed by atoms with van der Waals surface area (Å²) in [4.78, 5) is 0. The van der Waals surface area contributed by atoms with Crippen LogP contribution in [0.1, 0.15) is 32.6 Å². The van der Waals surface area contributed by atoms with Gasteiger partial charge in [0.2, 0.25) is 0 Å². The number of hydrogen-bond donors (Lipinski definition) is 1. The van der Waals surface area contributed by atoms with E-state index in [1.807, 2.05) is 0 Å². The lowest BCUT2D eigenvalue weighted by atomic mass is 10.2. The van der Waals surface area contributed by atoms with Crippen LogP contribution in [0.5, 0.6) is 0 Å². The van der Waals surface area contributed by atoms with Crippen LogP contribution in [0.15, 0.2) is 0 Å². The van der Waals surface area contributed by atoms with Crippen molar-refractivity contribution in [2.75, 3.05) is 19.9 Å². The zero-order valence-corrected chi connectivity index (χ0v) is 9.00. The fourth-order valence-corrected chi connectivity index (χ4v) is 2.13. The van der Waals surface area contributed by atoms with Crippen LogP contribution in [-0.2, 0) is 9.47 Å². The van der Waals surface area contributed by atoms with Crippen LogP contribution in [0.4, 0.5) is 0 Å². The topological polar surface area (TPSA) is 30.5 Å². The van der Waals surface area contributed by atoms with Crippen LogP contribution in [0.2, 0.25) is 0 Å². The number of nitrogens with one attached hydrogen (secondary N) is 1. The Balaban J connectivity index is 1.54. The molecule has 1 aliphatic heterocycles. The van der Waals surface area contributed by atoms with Gasteiger partial charge in [-0.2, -0.15) is 0 Å². The molecular formula is C11H21NO2. The first-order valence-electron chi connectivity index (χ1n) is 5.83. The highest BCUT2D eigenvalue weighted by atomic mass is 16.7. The Morgan fingerprint density at radius 1 is 1.43 bits per heavy atom. The molecule has 3 atom stereocenters. The fraction of sp³-hybridized carbons (Fsp3) is 1.00. The molecule has 3 unspecified atom stereocenters. The zero-order valence-electron chi connectivity index (χ0n) is 9.00. The van der Waals surface area contributed by atoms with Gasteiger partial charge in [0.15, 0.2) is 0 Å². The summed E-state index contributed by atoms with van der Waals surface area (Å²) in [5.74, 6) is 0.944. The summed E-state index contributed by atoms with van der Waals surface area (Å²) in [7, 11) is 0. The zero-order chi connectivity index (χ0) is 9.80. The van der Waals surface area contributed by atoms with Crippen LogP contribution in [0, 0.1) is 5.92 Å². The van der Waals surface area contributed by atoms with Gasteiger partial charge in [0.25, 0.3) is 0 Å². The van der Waals surface area contributed by atoms with Crippen molar-refractivity contribution in [2.45, 2.75) is 44.8 Å². The van der Waals surface area contributed by atoms with E-state index in [2.05, 4.69) is 12.2 Å². The van der Waals surface area contributed by atoms with Crippen molar-refractivity contribution >= 4 is 0 Å². The second-order valence-electron chi connectivity index (χ2n) is 4.40. The highest BCUT2D eigenvalue weighted by Gasteiger charge is 2.35. The molecule has 0 aromatic rings. The van der Waals surface area contributed by atoms with Crippen molar-refractivity contribution in [1.82, 2.24) is 5.32 Å². The van der Waals surface area contributed by atoms with Gasteiger partial charge in [-0.15, -0.1) is 0 Å². The standard InChI is InChI=1S/C11H21NO2/c1-2-3-9-6-11(9)12-7-10-4-5-13-8-14-10/h9-12H,2-8H2,1H3. The molecule has 0 radical (unpaired) electrons. The third-order valence-electron chi connectivity index (χ3n) is 3.16. The molecule has 3 heteroatoms. The molecule has 0 spiro atoms. The van der Waals surface area contributed by atoms with Crippen molar-refractivity contribution < 1.29 is 9.47 Å². The predicted molar refractivity (Wildman–Crippen MR) is 55.1 cm³/mol. The van der Waals surface area contributed by atoms with Gasteiger partial charge in [-0.3, -0.25) is 0 Å². The second-order valence-corrected chi connectivity index (χ2v) is 4.40. The third-order valence-corrected chi connectivity index (χ3v) is 3.16. The lowest BCUT2D eigenvalue weighted by Gasteiger charge is -2.23. The van der Waals surface area contributed by atoms with Crippen molar-refractivity contribution in [3.63, 3.8) is 0 Å². The van der Waals surface area contributed by atoms with E-state index in [0.29, 0.717) is 12.9 Å². The first-order valence-corrected chi connectivity index (χ1v) is 5.83. The van der Waals surface area contributed by atoms with Crippen molar-refractivity contribution in [2.24, 2.45) is 5.92 Å². The summed E-state index contributed by atoms with van der Waals surface area (Å²) in [6.07, 6.45) is 5.49. The average molecular weight is 199 g/mol. The molecule has 2 aliphatic rings. The van der Waals surface area contributed by atoms with E-state index in [9.17, 15) is 0 Å². The Kier molecular flexibility index (Phi) is 3.79. The van der Waals surface area contributed by atoms with E-state index in [-0.39, 0.29) is 0 Å². The maximum absolute atomic E-state index is 5.47. The maximum Gasteiger partial charge on any atom is 0.147 e. The number of hydrogen-bond acceptors (Lipinski definition) is 3. The third kappa shape index (κ3) is 2.94. The van der Waals surface area contributed by atoms with Crippen molar-refractivity contribution in [3.05, 3.63) is 0 Å². The van der Waals surface area contributed by atoms with Crippen LogP contribution in [0.25, 0.3) is 0 Å². The van der Waals surface area contributed by atoms with Crippen LogP contribution in [0.3, 0.4) is 0 Å². The molecule has 82 valence electrons. The Labute approximate surface area is 86.2 Å². The summed E-state index contributed by atoms with van der Waals surface area (Å²) in [5, 5.41) is 3.58. The molecule has 0 aromatic carbocycles. The van der Waals surface area contributed by atoms with Gasteiger partial charge in [-0.25, -0.2) is 0 Å². The summed E-state index contributed by atoms with van der Waals surface area (Å²) < 4.78 is 10.6. The minimum atomic E-state index is 0.381. The van der Waals surface area contributed by atoms with E-state index < -0.39 is 0 Å². The van der Waals surface area contributed by atoms with Gasteiger partial charge in [0.1, 0.15) is 6.79 Å². The highest BCUT2D eigenvalue weighted by Crippen LogP contribution is 2.34. The number of ether oxygens (including phenoxy) is 2. The van der Waals surface area contributed by atoms with Gasteiger partial charge in [0.05, 0.1) is 12.7 Å². The van der Waals surface area contributed by atoms with Crippen molar-refractivity contribution in [3.8, 4) is 0 Å². The van der Waals surface area contributed by atoms with Gasteiger partial charge in [-0.1, -0.05) is 13.3 Å². The van der Waals surface area contributed by atoms with E-state index >= 15 is 0 Å². The second kappa shape index (κ2) is 5.10. The summed E-state index contributed by atoms with van der Waals surface area (Å²) in [5.41, 5.74) is 0. The molecule has 0 bridgehead atoms. The van der Waals surface area contributed by atoms with Crippen LogP contribution in [-0.4, -0.2) is 32.1 Å². The van der Waals surface area contributed by atoms with Gasteiger partial charge < -0.3 is 14.8 Å². The van der Waals surface area contributed by atoms with Crippen molar-refractivity contribution in [1.29, 1.82) is 0 Å². The molecule has 14 heavy (non-hydrogen) atoms. The molecule has 1 N–H and O–H groups in total. The monoisotopic (exact) mass is 199 g/mol. The quantitative estimate of drug-likeness (QED) is 0.728. The molecule has 1 saturated heterocycles. The lowest BCUT2D eigenvalue weighted by molar-refractivity contribution is -0.137. The average Bonchev–Trinajstić information content (AvgIpc) is 2.96. The first-order chi connectivity index (χ1) is 6.90. The Morgan fingerprint density at radius 3 is 3.07 bits per heavy atom. The fourth-order valence-electron chi connectivity index (χ4n) is 2.13. The molecule has 2 fully saturated rings. The molecule has 1 aliphatic carbocycles. The van der Waals surface area contributed by atoms with E-state index in [1.54, 1.807) is 0 Å². The minimum absolute atomic E-state index is 0.381. The van der Waals surface area contributed by atoms with Gasteiger partial charge >= 0.3 is 0 Å². The van der Waals surface area contributed by atoms with E-state index in [1.165, 1.54) is 19.3 Å². The summed E-state index contributed by atoms with van der Waals surface area (Å²) in [6.45, 7) is 4.61. The smallest absolute Gasteiger partial charge is 0.147 e. The normalized spacial score (nSPS) is 37.1. The van der Waals surface area contributed by atoms with E-state index in [4.69, 9.17) is 9.47 Å². The van der Waals surface area contributed by atoms with Gasteiger partial charge in [-0.05, 0) is 25.2 Å². The molecule has 0 amide bonds. The van der Waals surface area contributed by atoms with Gasteiger partial charge in [0, 0.05) is 12.6 Å². The summed E-state index contributed by atoms with van der Waals surface area (Å²) in [6, 6.07) is 0.779. The number of rotatable bonds is 5. The maximum atomic E-state index is 5.47. The molecule has 1 heterocycles. The minimum Gasteiger partial charge on any atom is -0.355 e. The van der Waals surface area contributed by atoms with Crippen LogP contribution >= 0.6 is 0 Å². The predicted octanol–water partition coefficient (Wildman–Crippen LogP) is 1.53. The first kappa shape index (κ1) is 10.4. The molecule has 2 rings (SSSR count). The molecule has 1 saturated carbocycles. The Hall–Kier alpha value is -0.120. The Bertz CT molecular complexity index is 169. The molecule has 3 nitrogen and oxygen atoms in total. The van der Waals surface area contributed by atoms with E-state index in [0.717, 1.165) is 31.5 Å². The van der Waals surface area contributed by atoms with Crippen LogP contribution < -0.4 is 5.32 Å².